The summed E-state index contributed by atoms with van der Waals surface area (Å²) in [4.78, 5) is 25.5. The Balaban J connectivity index is 1.99. The van der Waals surface area contributed by atoms with Crippen LogP contribution in [-0.2, 0) is 9.59 Å². The summed E-state index contributed by atoms with van der Waals surface area (Å²) in [7, 11) is 0. The summed E-state index contributed by atoms with van der Waals surface area (Å²) >= 11 is 7.19. The fourth-order valence-corrected chi connectivity index (χ4v) is 2.96. The van der Waals surface area contributed by atoms with Crippen LogP contribution in [0.1, 0.15) is 18.2 Å². The van der Waals surface area contributed by atoms with E-state index in [-0.39, 0.29) is 12.5 Å². The fourth-order valence-electron chi connectivity index (χ4n) is 2.00. The number of likely N-dealkylation sites (tertiary alicyclic amines) is 1. The van der Waals surface area contributed by atoms with Crippen LogP contribution in [0.15, 0.2) is 18.2 Å². The van der Waals surface area contributed by atoms with Crippen molar-refractivity contribution in [1.29, 1.82) is 0 Å². The number of aliphatic carboxylic acids is 1. The molecular weight excluding hydrogens is 286 g/mol. The third-order valence-electron chi connectivity index (χ3n) is 3.29. The van der Waals surface area contributed by atoms with Crippen LogP contribution < -0.4 is 0 Å². The maximum atomic E-state index is 12.0. The van der Waals surface area contributed by atoms with Crippen molar-refractivity contribution in [2.24, 2.45) is 5.41 Å². The van der Waals surface area contributed by atoms with Gasteiger partial charge in [-0.2, -0.15) is 0 Å². The number of carbonyl (C=O) groups is 2. The number of thiophene rings is 1. The van der Waals surface area contributed by atoms with Crippen molar-refractivity contribution in [3.05, 3.63) is 27.4 Å². The quantitative estimate of drug-likeness (QED) is 0.873. The molecule has 0 bridgehead atoms. The van der Waals surface area contributed by atoms with Gasteiger partial charge in [0.1, 0.15) is 0 Å². The van der Waals surface area contributed by atoms with Crippen molar-refractivity contribution in [2.45, 2.75) is 13.3 Å². The smallest absolute Gasteiger partial charge is 0.311 e. The summed E-state index contributed by atoms with van der Waals surface area (Å²) < 4.78 is 0.673. The zero-order valence-corrected chi connectivity index (χ0v) is 12.0. The normalized spacial score (nSPS) is 23.2. The predicted octanol–water partition coefficient (Wildman–Crippen LogP) is 2.74. The monoisotopic (exact) mass is 299 g/mol. The second-order valence-corrected chi connectivity index (χ2v) is 6.60. The van der Waals surface area contributed by atoms with Gasteiger partial charge in [0.15, 0.2) is 0 Å². The molecule has 6 heteroatoms. The highest BCUT2D eigenvalue weighted by Crippen LogP contribution is 2.30. The van der Waals surface area contributed by atoms with Gasteiger partial charge in [0.25, 0.3) is 0 Å². The molecule has 0 spiro atoms. The summed E-state index contributed by atoms with van der Waals surface area (Å²) in [5.74, 6) is -1.01. The van der Waals surface area contributed by atoms with Gasteiger partial charge in [0.05, 0.1) is 9.75 Å². The third kappa shape index (κ3) is 3.16. The van der Waals surface area contributed by atoms with E-state index in [1.165, 1.54) is 17.4 Å². The zero-order chi connectivity index (χ0) is 14.0. The number of nitrogens with zero attached hydrogens (tertiary/aromatic N) is 1. The second-order valence-electron chi connectivity index (χ2n) is 4.85. The van der Waals surface area contributed by atoms with Crippen LogP contribution in [0.3, 0.4) is 0 Å². The third-order valence-corrected chi connectivity index (χ3v) is 4.48. The van der Waals surface area contributed by atoms with Gasteiger partial charge >= 0.3 is 5.97 Å². The van der Waals surface area contributed by atoms with Gasteiger partial charge in [-0.3, -0.25) is 9.59 Å². The summed E-state index contributed by atoms with van der Waals surface area (Å²) in [6.07, 6.45) is 3.66. The highest BCUT2D eigenvalue weighted by Gasteiger charge is 2.41. The van der Waals surface area contributed by atoms with Crippen LogP contribution in [0.4, 0.5) is 0 Å². The van der Waals surface area contributed by atoms with E-state index in [0.29, 0.717) is 17.3 Å². The number of rotatable bonds is 3. The molecule has 1 unspecified atom stereocenters. The molecule has 0 aromatic carbocycles. The van der Waals surface area contributed by atoms with Crippen LogP contribution in [0.25, 0.3) is 6.08 Å². The number of amides is 1. The summed E-state index contributed by atoms with van der Waals surface area (Å²) in [5, 5.41) is 9.11. The minimum absolute atomic E-state index is 0.158. The second kappa shape index (κ2) is 5.35. The lowest BCUT2D eigenvalue weighted by atomic mass is 9.90. The van der Waals surface area contributed by atoms with Crippen LogP contribution >= 0.6 is 22.9 Å². The Morgan fingerprint density at radius 2 is 2.26 bits per heavy atom. The molecule has 2 rings (SSSR count). The molecule has 0 aliphatic carbocycles. The molecule has 19 heavy (non-hydrogen) atoms. The van der Waals surface area contributed by atoms with Crippen LogP contribution in [0, 0.1) is 5.41 Å². The molecule has 102 valence electrons. The Kier molecular flexibility index (Phi) is 3.96. The Morgan fingerprint density at radius 3 is 2.79 bits per heavy atom. The van der Waals surface area contributed by atoms with E-state index < -0.39 is 11.4 Å². The first-order valence-corrected chi connectivity index (χ1v) is 7.06. The van der Waals surface area contributed by atoms with Gasteiger partial charge in [-0.15, -0.1) is 11.3 Å². The standard InChI is InChI=1S/C13H14ClNO3S/c1-13(12(17)18)6-7-15(8-13)11(16)5-3-9-2-4-10(14)19-9/h2-5H,6-8H2,1H3,(H,17,18)/b5-3+. The molecule has 1 amide bonds. The number of hydrogen-bond donors (Lipinski definition) is 1. The first-order chi connectivity index (χ1) is 8.90. The number of halogens is 1. The van der Waals surface area contributed by atoms with E-state index in [9.17, 15) is 9.59 Å². The van der Waals surface area contributed by atoms with Crippen molar-refractivity contribution in [3.8, 4) is 0 Å². The van der Waals surface area contributed by atoms with Crippen LogP contribution in [-0.4, -0.2) is 35.0 Å². The largest absolute Gasteiger partial charge is 0.481 e. The molecule has 2 heterocycles. The first kappa shape index (κ1) is 14.1. The average Bonchev–Trinajstić information content (AvgIpc) is 2.94. The zero-order valence-electron chi connectivity index (χ0n) is 10.4. The molecule has 1 saturated heterocycles. The van der Waals surface area contributed by atoms with E-state index in [0.717, 1.165) is 4.88 Å². The lowest BCUT2D eigenvalue weighted by molar-refractivity contribution is -0.147. The van der Waals surface area contributed by atoms with E-state index in [4.69, 9.17) is 16.7 Å². The van der Waals surface area contributed by atoms with Gasteiger partial charge in [0.2, 0.25) is 5.91 Å². The molecule has 0 saturated carbocycles. The van der Waals surface area contributed by atoms with Crippen molar-refractivity contribution in [1.82, 2.24) is 4.90 Å². The summed E-state index contributed by atoms with van der Waals surface area (Å²) in [6, 6.07) is 3.61. The van der Waals surface area contributed by atoms with Crippen LogP contribution in [0.2, 0.25) is 4.34 Å². The van der Waals surface area contributed by atoms with Crippen molar-refractivity contribution in [3.63, 3.8) is 0 Å². The van der Waals surface area contributed by atoms with Crippen molar-refractivity contribution >= 4 is 40.9 Å². The molecule has 1 atom stereocenters. The van der Waals surface area contributed by atoms with Crippen LogP contribution in [0.5, 0.6) is 0 Å². The van der Waals surface area contributed by atoms with Crippen molar-refractivity contribution in [2.75, 3.05) is 13.1 Å². The minimum atomic E-state index is -0.850. The maximum absolute atomic E-state index is 12.0. The highest BCUT2D eigenvalue weighted by molar-refractivity contribution is 7.17. The number of carboxylic acids is 1. The topological polar surface area (TPSA) is 57.6 Å². The molecule has 1 aromatic heterocycles. The van der Waals surface area contributed by atoms with Gasteiger partial charge in [0, 0.05) is 24.0 Å². The Hall–Kier alpha value is -1.33. The number of carbonyl (C=O) groups excluding carboxylic acids is 1. The molecule has 4 nitrogen and oxygen atoms in total. The number of carboxylic acid groups (broad SMARTS) is 1. The molecule has 1 fully saturated rings. The Bertz CT molecular complexity index is 540. The fraction of sp³-hybridized carbons (Fsp3) is 0.385. The summed E-state index contributed by atoms with van der Waals surface area (Å²) in [6.45, 7) is 2.42. The van der Waals surface area contributed by atoms with Gasteiger partial charge in [-0.1, -0.05) is 11.6 Å². The number of hydrogen-bond acceptors (Lipinski definition) is 3. The molecule has 1 aliphatic heterocycles. The molecule has 1 aromatic rings. The Labute approximate surface area is 120 Å². The van der Waals surface area contributed by atoms with E-state index >= 15 is 0 Å². The van der Waals surface area contributed by atoms with E-state index in [2.05, 4.69) is 0 Å². The van der Waals surface area contributed by atoms with Crippen molar-refractivity contribution < 1.29 is 14.7 Å². The highest BCUT2D eigenvalue weighted by atomic mass is 35.5. The predicted molar refractivity (Wildman–Crippen MR) is 75.3 cm³/mol. The van der Waals surface area contributed by atoms with Gasteiger partial charge in [-0.25, -0.2) is 0 Å². The van der Waals surface area contributed by atoms with Gasteiger partial charge in [-0.05, 0) is 31.6 Å². The Morgan fingerprint density at radius 1 is 1.53 bits per heavy atom. The lowest BCUT2D eigenvalue weighted by Gasteiger charge is -2.18. The average molecular weight is 300 g/mol. The summed E-state index contributed by atoms with van der Waals surface area (Å²) in [5.41, 5.74) is -0.824. The lowest BCUT2D eigenvalue weighted by Crippen LogP contribution is -2.34. The van der Waals surface area contributed by atoms with E-state index in [1.807, 2.05) is 6.07 Å². The minimum Gasteiger partial charge on any atom is -0.481 e. The maximum Gasteiger partial charge on any atom is 0.311 e. The molecule has 1 N–H and O–H groups in total. The first-order valence-electron chi connectivity index (χ1n) is 5.86. The van der Waals surface area contributed by atoms with Gasteiger partial charge < -0.3 is 10.0 Å². The SMILES string of the molecule is CC1(C(=O)O)CCN(C(=O)/C=C/c2ccc(Cl)s2)C1. The van der Waals surface area contributed by atoms with E-state index in [1.54, 1.807) is 24.0 Å². The molecular formula is C13H14ClNO3S. The molecule has 0 radical (unpaired) electrons. The molecule has 1 aliphatic rings.